The molecule has 0 aliphatic carbocycles. The SMILES string of the molecule is CCC(CO[I-]CC(C)N)NC(C)C. The van der Waals surface area contributed by atoms with Crippen molar-refractivity contribution in [2.45, 2.75) is 52.2 Å². The zero-order valence-corrected chi connectivity index (χ0v) is 11.9. The van der Waals surface area contributed by atoms with Crippen molar-refractivity contribution in [1.82, 2.24) is 5.32 Å². The second-order valence-electron chi connectivity index (χ2n) is 3.94. The van der Waals surface area contributed by atoms with Crippen LogP contribution in [-0.4, -0.2) is 29.2 Å². The minimum atomic E-state index is -0.146. The monoisotopic (exact) mass is 315 g/mol. The van der Waals surface area contributed by atoms with Gasteiger partial charge in [-0.3, -0.25) is 0 Å². The molecule has 0 aliphatic rings. The van der Waals surface area contributed by atoms with Crippen LogP contribution in [0.3, 0.4) is 0 Å². The van der Waals surface area contributed by atoms with Gasteiger partial charge >= 0.3 is 99.0 Å². The van der Waals surface area contributed by atoms with Crippen molar-refractivity contribution in [3.8, 4) is 0 Å². The molecule has 2 unspecified atom stereocenters. The molecular weight excluding hydrogens is 291 g/mol. The van der Waals surface area contributed by atoms with Crippen molar-refractivity contribution in [3.05, 3.63) is 0 Å². The van der Waals surface area contributed by atoms with Crippen molar-refractivity contribution in [2.24, 2.45) is 5.73 Å². The van der Waals surface area contributed by atoms with Crippen LogP contribution >= 0.6 is 0 Å². The molecule has 14 heavy (non-hydrogen) atoms. The van der Waals surface area contributed by atoms with E-state index in [1.54, 1.807) is 0 Å². The Morgan fingerprint density at radius 3 is 2.43 bits per heavy atom. The van der Waals surface area contributed by atoms with Crippen LogP contribution in [0.25, 0.3) is 0 Å². The van der Waals surface area contributed by atoms with Gasteiger partial charge < -0.3 is 0 Å². The van der Waals surface area contributed by atoms with Gasteiger partial charge in [0.25, 0.3) is 0 Å². The van der Waals surface area contributed by atoms with Crippen molar-refractivity contribution >= 4 is 0 Å². The number of hydrogen-bond acceptors (Lipinski definition) is 3. The van der Waals surface area contributed by atoms with Crippen LogP contribution in [0.4, 0.5) is 0 Å². The molecule has 0 bridgehead atoms. The van der Waals surface area contributed by atoms with Crippen LogP contribution in [0.2, 0.25) is 0 Å². The number of rotatable bonds is 8. The summed E-state index contributed by atoms with van der Waals surface area (Å²) in [6.07, 6.45) is 1.13. The molecule has 88 valence electrons. The molecule has 3 nitrogen and oxygen atoms in total. The van der Waals surface area contributed by atoms with Gasteiger partial charge in [0.2, 0.25) is 0 Å². The van der Waals surface area contributed by atoms with E-state index in [0.29, 0.717) is 18.1 Å². The molecule has 3 N–H and O–H groups in total. The summed E-state index contributed by atoms with van der Waals surface area (Å²) in [6.45, 7) is 9.40. The Hall–Kier alpha value is 0.610. The molecule has 0 aromatic carbocycles. The van der Waals surface area contributed by atoms with E-state index in [-0.39, 0.29) is 21.6 Å². The van der Waals surface area contributed by atoms with Crippen LogP contribution in [0.5, 0.6) is 0 Å². The zero-order valence-electron chi connectivity index (χ0n) is 9.72. The maximum absolute atomic E-state index is 5.67. The Morgan fingerprint density at radius 2 is 2.00 bits per heavy atom. The molecular formula is C10H24IN2O-. The predicted molar refractivity (Wildman–Crippen MR) is 56.8 cm³/mol. The standard InChI is InChI=1S/C10H24IN2O/c1-5-10(13-8(2)3)7-14-11-6-9(4)12/h8-10,13H,5-7,12H2,1-4H3/q-1. The molecule has 0 aromatic heterocycles. The van der Waals surface area contributed by atoms with E-state index in [9.17, 15) is 0 Å². The van der Waals surface area contributed by atoms with Crippen molar-refractivity contribution in [2.75, 3.05) is 11.0 Å². The van der Waals surface area contributed by atoms with Crippen molar-refractivity contribution < 1.29 is 24.7 Å². The molecule has 4 heteroatoms. The summed E-state index contributed by atoms with van der Waals surface area (Å²) in [6, 6.07) is 1.33. The summed E-state index contributed by atoms with van der Waals surface area (Å²) in [5.74, 6) is 0. The normalized spacial score (nSPS) is 16.1. The number of alkyl halides is 1. The Bertz CT molecular complexity index is 131. The molecule has 0 rings (SSSR count). The molecule has 0 radical (unpaired) electrons. The number of nitrogens with one attached hydrogen (secondary N) is 1. The average Bonchev–Trinajstić information content (AvgIpc) is 2.09. The molecule has 0 amide bonds. The second kappa shape index (κ2) is 8.88. The first-order valence-corrected chi connectivity index (χ1v) is 7.69. The summed E-state index contributed by atoms with van der Waals surface area (Å²) < 4.78 is 6.72. The fourth-order valence-electron chi connectivity index (χ4n) is 1.02. The second-order valence-corrected chi connectivity index (χ2v) is 6.07. The van der Waals surface area contributed by atoms with Crippen LogP contribution < -0.4 is 32.7 Å². The summed E-state index contributed by atoms with van der Waals surface area (Å²) in [7, 11) is 0. The average molecular weight is 315 g/mol. The van der Waals surface area contributed by atoms with Gasteiger partial charge in [0.1, 0.15) is 0 Å². The first kappa shape index (κ1) is 14.6. The van der Waals surface area contributed by atoms with Gasteiger partial charge in [-0.25, -0.2) is 0 Å². The Balaban J connectivity index is 3.43. The van der Waals surface area contributed by atoms with E-state index in [1.165, 1.54) is 0 Å². The molecule has 0 aromatic rings. The molecule has 0 heterocycles. The zero-order chi connectivity index (χ0) is 11.0. The van der Waals surface area contributed by atoms with Gasteiger partial charge in [0, 0.05) is 0 Å². The third-order valence-corrected chi connectivity index (χ3v) is 4.26. The van der Waals surface area contributed by atoms with E-state index in [0.717, 1.165) is 17.5 Å². The van der Waals surface area contributed by atoms with E-state index in [4.69, 9.17) is 8.80 Å². The van der Waals surface area contributed by atoms with E-state index in [1.807, 2.05) is 6.92 Å². The van der Waals surface area contributed by atoms with E-state index >= 15 is 0 Å². The third kappa shape index (κ3) is 9.18. The third-order valence-electron chi connectivity index (χ3n) is 1.71. The van der Waals surface area contributed by atoms with Gasteiger partial charge in [0.05, 0.1) is 0 Å². The van der Waals surface area contributed by atoms with Gasteiger partial charge in [-0.15, -0.1) is 0 Å². The van der Waals surface area contributed by atoms with Gasteiger partial charge in [-0.2, -0.15) is 0 Å². The Labute approximate surface area is 99.0 Å². The number of nitrogens with two attached hydrogens (primary N) is 1. The first-order chi connectivity index (χ1) is 6.56. The quantitative estimate of drug-likeness (QED) is 0.313. The topological polar surface area (TPSA) is 47.3 Å². The molecule has 0 saturated heterocycles. The summed E-state index contributed by atoms with van der Waals surface area (Å²) in [4.78, 5) is 0. The van der Waals surface area contributed by atoms with Crippen LogP contribution in [0.1, 0.15) is 34.1 Å². The summed E-state index contributed by atoms with van der Waals surface area (Å²) >= 11 is -0.146. The fraction of sp³-hybridized carbons (Fsp3) is 1.00. The molecule has 2 atom stereocenters. The first-order valence-electron chi connectivity index (χ1n) is 5.28. The number of halogens is 1. The summed E-state index contributed by atoms with van der Waals surface area (Å²) in [5.41, 5.74) is 5.65. The van der Waals surface area contributed by atoms with Crippen molar-refractivity contribution in [3.63, 3.8) is 0 Å². The van der Waals surface area contributed by atoms with Crippen LogP contribution in [0, 0.1) is 0 Å². The Morgan fingerprint density at radius 1 is 1.36 bits per heavy atom. The van der Waals surface area contributed by atoms with Gasteiger partial charge in [-0.05, 0) is 0 Å². The van der Waals surface area contributed by atoms with Crippen molar-refractivity contribution in [1.29, 1.82) is 0 Å². The predicted octanol–water partition coefficient (Wildman–Crippen LogP) is -1.87. The van der Waals surface area contributed by atoms with Gasteiger partial charge in [0.15, 0.2) is 0 Å². The van der Waals surface area contributed by atoms with Gasteiger partial charge in [-0.1, -0.05) is 0 Å². The number of hydrogen-bond donors (Lipinski definition) is 2. The van der Waals surface area contributed by atoms with Crippen LogP contribution in [0.15, 0.2) is 0 Å². The van der Waals surface area contributed by atoms with Crippen LogP contribution in [-0.2, 0) is 3.07 Å². The Kier molecular flexibility index (Phi) is 9.27. The minimum absolute atomic E-state index is 0.146. The summed E-state index contributed by atoms with van der Waals surface area (Å²) in [5, 5.41) is 3.48. The molecule has 0 aliphatic heterocycles. The van der Waals surface area contributed by atoms with E-state index in [2.05, 4.69) is 26.1 Å². The molecule has 0 spiro atoms. The molecule has 0 saturated carbocycles. The molecule has 0 fully saturated rings. The fourth-order valence-corrected chi connectivity index (χ4v) is 2.53. The maximum atomic E-state index is 5.67. The van der Waals surface area contributed by atoms with E-state index < -0.39 is 0 Å².